The van der Waals surface area contributed by atoms with Crippen LogP contribution in [0.5, 0.6) is 0 Å². The van der Waals surface area contributed by atoms with Gasteiger partial charge in [0.25, 0.3) is 0 Å². The molecule has 8 nitrogen and oxygen atoms in total. The molecule has 0 spiro atoms. The number of nitrogens with one attached hydrogen (secondary N) is 1. The molecule has 1 unspecified atom stereocenters. The number of aryl methyl sites for hydroxylation is 1. The SMILES string of the molecule is CN(c1nc2cnc(-c3cc(C#N)c4nn(C)cc4c3)nc2s1)C1C[C@H]2CC[C@@H](C1)N2. The van der Waals surface area contributed by atoms with Gasteiger partial charge in [-0.25, -0.2) is 15.0 Å². The highest BCUT2D eigenvalue weighted by molar-refractivity contribution is 7.21. The van der Waals surface area contributed by atoms with Gasteiger partial charge in [-0.1, -0.05) is 11.3 Å². The molecule has 3 atom stereocenters. The van der Waals surface area contributed by atoms with Crippen LogP contribution in [0.2, 0.25) is 0 Å². The molecule has 4 aromatic rings. The molecular formula is C22H22N8S. The molecule has 1 aromatic carbocycles. The van der Waals surface area contributed by atoms with E-state index in [-0.39, 0.29) is 0 Å². The summed E-state index contributed by atoms with van der Waals surface area (Å²) >= 11 is 1.61. The zero-order chi connectivity index (χ0) is 21.1. The fourth-order valence-electron chi connectivity index (χ4n) is 4.98. The first-order chi connectivity index (χ1) is 15.1. The van der Waals surface area contributed by atoms with Gasteiger partial charge in [-0.2, -0.15) is 10.4 Å². The van der Waals surface area contributed by atoms with E-state index in [0.717, 1.165) is 26.4 Å². The standard InChI is InChI=1S/C22H22N8S/c1-29-11-14-6-12(5-13(9-23)19(14)28-29)20-24-10-18-21(27-20)31-22(26-18)30(2)17-7-15-3-4-16(8-17)25-15/h5-6,10-11,15-17,25H,3-4,7-8H2,1-2H3/t15-,16+,17?. The van der Waals surface area contributed by atoms with Gasteiger partial charge in [-0.05, 0) is 37.8 Å². The number of rotatable bonds is 3. The zero-order valence-electron chi connectivity index (χ0n) is 17.4. The molecule has 2 bridgehead atoms. The van der Waals surface area contributed by atoms with Crippen molar-refractivity contribution < 1.29 is 0 Å². The first-order valence-corrected chi connectivity index (χ1v) is 11.4. The van der Waals surface area contributed by atoms with Crippen LogP contribution in [0.1, 0.15) is 31.2 Å². The number of nitrogens with zero attached hydrogens (tertiary/aromatic N) is 7. The van der Waals surface area contributed by atoms with Gasteiger partial charge in [-0.3, -0.25) is 4.68 Å². The highest BCUT2D eigenvalue weighted by atomic mass is 32.1. The maximum atomic E-state index is 9.56. The van der Waals surface area contributed by atoms with Gasteiger partial charge in [0.15, 0.2) is 11.0 Å². The van der Waals surface area contributed by atoms with Crippen LogP contribution in [0.25, 0.3) is 32.6 Å². The second kappa shape index (κ2) is 6.97. The lowest BCUT2D eigenvalue weighted by Crippen LogP contribution is -2.47. The van der Waals surface area contributed by atoms with Crippen LogP contribution in [-0.2, 0) is 7.05 Å². The predicted molar refractivity (Wildman–Crippen MR) is 121 cm³/mol. The monoisotopic (exact) mass is 430 g/mol. The quantitative estimate of drug-likeness (QED) is 0.533. The number of thiazole rings is 1. The molecule has 0 saturated carbocycles. The van der Waals surface area contributed by atoms with E-state index in [0.29, 0.717) is 35.0 Å². The van der Waals surface area contributed by atoms with Gasteiger partial charge in [0.1, 0.15) is 21.9 Å². The molecule has 156 valence electrons. The average molecular weight is 431 g/mol. The zero-order valence-corrected chi connectivity index (χ0v) is 18.2. The van der Waals surface area contributed by atoms with Gasteiger partial charge in [0.2, 0.25) is 0 Å². The summed E-state index contributed by atoms with van der Waals surface area (Å²) in [6, 6.07) is 7.85. The van der Waals surface area contributed by atoms with Crippen molar-refractivity contribution in [1.82, 2.24) is 30.0 Å². The molecule has 9 heteroatoms. The topological polar surface area (TPSA) is 95.5 Å². The van der Waals surface area contributed by atoms with E-state index in [4.69, 9.17) is 9.97 Å². The summed E-state index contributed by atoms with van der Waals surface area (Å²) in [6.45, 7) is 0. The van der Waals surface area contributed by atoms with Crippen LogP contribution >= 0.6 is 11.3 Å². The molecule has 5 heterocycles. The summed E-state index contributed by atoms with van der Waals surface area (Å²) in [4.78, 5) is 17.4. The minimum atomic E-state index is 0.512. The molecule has 1 N–H and O–H groups in total. The summed E-state index contributed by atoms with van der Waals surface area (Å²) in [5, 5.41) is 19.6. The minimum absolute atomic E-state index is 0.512. The number of nitriles is 1. The molecule has 6 rings (SSSR count). The van der Waals surface area contributed by atoms with Crippen LogP contribution in [0, 0.1) is 11.3 Å². The molecule has 2 aliphatic rings. The van der Waals surface area contributed by atoms with E-state index in [1.54, 1.807) is 22.2 Å². The first-order valence-electron chi connectivity index (χ1n) is 10.6. The van der Waals surface area contributed by atoms with Crippen molar-refractivity contribution in [3.05, 3.63) is 30.1 Å². The fraction of sp³-hybridized carbons (Fsp3) is 0.409. The second-order valence-electron chi connectivity index (χ2n) is 8.63. The Morgan fingerprint density at radius 1 is 1.23 bits per heavy atom. The van der Waals surface area contributed by atoms with E-state index >= 15 is 0 Å². The van der Waals surface area contributed by atoms with Gasteiger partial charge in [0.05, 0.1) is 11.8 Å². The van der Waals surface area contributed by atoms with Crippen LogP contribution < -0.4 is 10.2 Å². The van der Waals surface area contributed by atoms with Crippen molar-refractivity contribution in [2.75, 3.05) is 11.9 Å². The number of aromatic nitrogens is 5. The van der Waals surface area contributed by atoms with Gasteiger partial charge in [0, 0.05) is 49.4 Å². The normalized spacial score (nSPS) is 22.8. The van der Waals surface area contributed by atoms with E-state index in [1.807, 2.05) is 25.4 Å². The Morgan fingerprint density at radius 3 is 2.81 bits per heavy atom. The molecule has 31 heavy (non-hydrogen) atoms. The number of hydrogen-bond donors (Lipinski definition) is 1. The largest absolute Gasteiger partial charge is 0.348 e. The number of anilines is 1. The van der Waals surface area contributed by atoms with Gasteiger partial charge >= 0.3 is 0 Å². The molecule has 2 fully saturated rings. The first kappa shape index (κ1) is 18.7. The minimum Gasteiger partial charge on any atom is -0.348 e. The number of fused-ring (bicyclic) bond motifs is 4. The maximum Gasteiger partial charge on any atom is 0.187 e. The molecule has 2 saturated heterocycles. The lowest BCUT2D eigenvalue weighted by Gasteiger charge is -2.35. The van der Waals surface area contributed by atoms with Crippen LogP contribution in [0.15, 0.2) is 24.5 Å². The lowest BCUT2D eigenvalue weighted by molar-refractivity contribution is 0.354. The van der Waals surface area contributed by atoms with E-state index in [1.165, 1.54) is 25.7 Å². The summed E-state index contributed by atoms with van der Waals surface area (Å²) in [5.74, 6) is 0.604. The Hall–Kier alpha value is -3.09. The Balaban J connectivity index is 1.35. The molecule has 0 radical (unpaired) electrons. The summed E-state index contributed by atoms with van der Waals surface area (Å²) in [6.07, 6.45) is 8.61. The van der Waals surface area contributed by atoms with Crippen LogP contribution in [-0.4, -0.2) is 49.9 Å². The molecule has 2 aliphatic heterocycles. The van der Waals surface area contributed by atoms with Crippen molar-refractivity contribution in [3.63, 3.8) is 0 Å². The van der Waals surface area contributed by atoms with Crippen LogP contribution in [0.3, 0.4) is 0 Å². The van der Waals surface area contributed by atoms with Crippen molar-refractivity contribution in [1.29, 1.82) is 5.26 Å². The Bertz CT molecular complexity index is 1340. The Labute approximate surface area is 183 Å². The predicted octanol–water partition coefficient (Wildman–Crippen LogP) is 3.23. The summed E-state index contributed by atoms with van der Waals surface area (Å²) in [7, 11) is 4.00. The van der Waals surface area contributed by atoms with Crippen molar-refractivity contribution in [3.8, 4) is 17.5 Å². The third-order valence-corrected chi connectivity index (χ3v) is 7.59. The van der Waals surface area contributed by atoms with E-state index in [9.17, 15) is 5.26 Å². The summed E-state index contributed by atoms with van der Waals surface area (Å²) < 4.78 is 1.72. The fourth-order valence-corrected chi connectivity index (χ4v) is 5.93. The van der Waals surface area contributed by atoms with Crippen molar-refractivity contribution in [2.45, 2.75) is 43.8 Å². The average Bonchev–Trinajstić information content (AvgIpc) is 3.46. The number of piperidine rings is 1. The van der Waals surface area contributed by atoms with Gasteiger partial charge < -0.3 is 10.2 Å². The number of benzene rings is 1. The maximum absolute atomic E-state index is 9.56. The lowest BCUT2D eigenvalue weighted by atomic mass is 9.99. The van der Waals surface area contributed by atoms with Crippen molar-refractivity contribution in [2.24, 2.45) is 7.05 Å². The molecule has 0 aliphatic carbocycles. The highest BCUT2D eigenvalue weighted by Crippen LogP contribution is 2.35. The van der Waals surface area contributed by atoms with E-state index in [2.05, 4.69) is 33.4 Å². The van der Waals surface area contributed by atoms with E-state index < -0.39 is 0 Å². The number of hydrogen-bond acceptors (Lipinski definition) is 8. The highest BCUT2D eigenvalue weighted by Gasteiger charge is 2.35. The molecule has 0 amide bonds. The van der Waals surface area contributed by atoms with Gasteiger partial charge in [-0.15, -0.1) is 0 Å². The smallest absolute Gasteiger partial charge is 0.187 e. The van der Waals surface area contributed by atoms with Crippen LogP contribution in [0.4, 0.5) is 5.13 Å². The third-order valence-electron chi connectivity index (χ3n) is 6.54. The Morgan fingerprint density at radius 2 is 2.03 bits per heavy atom. The van der Waals surface area contributed by atoms with Crippen molar-refractivity contribution >= 4 is 37.7 Å². The molecular weight excluding hydrogens is 408 g/mol. The second-order valence-corrected chi connectivity index (χ2v) is 9.59. The molecule has 3 aromatic heterocycles. The Kier molecular flexibility index (Phi) is 4.20. The third kappa shape index (κ3) is 3.14. The summed E-state index contributed by atoms with van der Waals surface area (Å²) in [5.41, 5.74) is 2.86.